The first-order chi connectivity index (χ1) is 10.2. The third-order valence-electron chi connectivity index (χ3n) is 3.80. The largest absolute Gasteiger partial charge is 0.491 e. The van der Waals surface area contributed by atoms with Gasteiger partial charge >= 0.3 is 0 Å². The molecule has 2 unspecified atom stereocenters. The lowest BCUT2D eigenvalue weighted by molar-refractivity contribution is 0.00594. The van der Waals surface area contributed by atoms with Crippen LogP contribution in [-0.2, 0) is 4.74 Å². The third kappa shape index (κ3) is 5.24. The Morgan fingerprint density at radius 2 is 2.14 bits per heavy atom. The van der Waals surface area contributed by atoms with Crippen LogP contribution in [-0.4, -0.2) is 25.4 Å². The molecule has 3 heteroatoms. The quantitative estimate of drug-likeness (QED) is 0.803. The van der Waals surface area contributed by atoms with Gasteiger partial charge in [-0.3, -0.25) is 0 Å². The Hall–Kier alpha value is -1.22. The van der Waals surface area contributed by atoms with Crippen LogP contribution in [0.1, 0.15) is 46.5 Å². The summed E-state index contributed by atoms with van der Waals surface area (Å²) in [6.07, 6.45) is 4.91. The van der Waals surface area contributed by atoms with Gasteiger partial charge in [0.15, 0.2) is 0 Å². The highest BCUT2D eigenvalue weighted by Crippen LogP contribution is 2.28. The molecule has 1 aliphatic heterocycles. The Kier molecular flexibility index (Phi) is 6.37. The van der Waals surface area contributed by atoms with Crippen LogP contribution in [0.4, 0.5) is 5.69 Å². The summed E-state index contributed by atoms with van der Waals surface area (Å²) in [5.41, 5.74) is 1.11. The van der Waals surface area contributed by atoms with Crippen molar-refractivity contribution in [3.8, 4) is 5.75 Å². The number of ether oxygens (including phenoxy) is 2. The molecule has 1 aliphatic rings. The monoisotopic (exact) mass is 291 g/mol. The lowest BCUT2D eigenvalue weighted by Crippen LogP contribution is -2.34. The van der Waals surface area contributed by atoms with Gasteiger partial charge in [0.1, 0.15) is 5.75 Å². The first kappa shape index (κ1) is 16.2. The van der Waals surface area contributed by atoms with Gasteiger partial charge in [-0.1, -0.05) is 39.3 Å². The van der Waals surface area contributed by atoms with Crippen LogP contribution in [0, 0.1) is 5.92 Å². The zero-order valence-corrected chi connectivity index (χ0v) is 13.6. The zero-order chi connectivity index (χ0) is 15.1. The fraction of sp³-hybridized carbons (Fsp3) is 0.667. The smallest absolute Gasteiger partial charge is 0.142 e. The van der Waals surface area contributed by atoms with Gasteiger partial charge in [-0.15, -0.1) is 0 Å². The van der Waals surface area contributed by atoms with Crippen molar-refractivity contribution in [2.24, 2.45) is 5.92 Å². The van der Waals surface area contributed by atoms with Gasteiger partial charge in [-0.05, 0) is 37.3 Å². The number of para-hydroxylation sites is 2. The lowest BCUT2D eigenvalue weighted by Gasteiger charge is -2.31. The van der Waals surface area contributed by atoms with Crippen molar-refractivity contribution in [2.75, 3.05) is 18.5 Å². The van der Waals surface area contributed by atoms with Gasteiger partial charge in [0, 0.05) is 12.6 Å². The van der Waals surface area contributed by atoms with Crippen molar-refractivity contribution in [1.29, 1.82) is 0 Å². The molecule has 0 radical (unpaired) electrons. The number of benzene rings is 1. The van der Waals surface area contributed by atoms with Crippen molar-refractivity contribution in [3.05, 3.63) is 24.3 Å². The van der Waals surface area contributed by atoms with Gasteiger partial charge in [0.2, 0.25) is 0 Å². The first-order valence-electron chi connectivity index (χ1n) is 8.29. The summed E-state index contributed by atoms with van der Waals surface area (Å²) in [4.78, 5) is 0. The maximum absolute atomic E-state index is 5.92. The van der Waals surface area contributed by atoms with Crippen molar-refractivity contribution in [3.63, 3.8) is 0 Å². The normalized spacial score (nSPS) is 22.3. The minimum absolute atomic E-state index is 0.407. The summed E-state index contributed by atoms with van der Waals surface area (Å²) < 4.78 is 11.7. The number of anilines is 1. The SMILES string of the molecule is CCCC1CC(Nc2ccccc2OCC(C)C)CCO1. The van der Waals surface area contributed by atoms with Gasteiger partial charge in [0.05, 0.1) is 18.4 Å². The molecule has 118 valence electrons. The maximum atomic E-state index is 5.92. The molecule has 0 bridgehead atoms. The molecule has 1 aromatic rings. The van der Waals surface area contributed by atoms with E-state index in [1.54, 1.807) is 0 Å². The second-order valence-electron chi connectivity index (χ2n) is 6.35. The Bertz CT molecular complexity index is 417. The zero-order valence-electron chi connectivity index (χ0n) is 13.6. The summed E-state index contributed by atoms with van der Waals surface area (Å²) >= 11 is 0. The van der Waals surface area contributed by atoms with Crippen LogP contribution in [0.25, 0.3) is 0 Å². The van der Waals surface area contributed by atoms with E-state index < -0.39 is 0 Å². The Morgan fingerprint density at radius 1 is 1.33 bits per heavy atom. The van der Waals surface area contributed by atoms with Crippen molar-refractivity contribution >= 4 is 5.69 Å². The third-order valence-corrected chi connectivity index (χ3v) is 3.80. The summed E-state index contributed by atoms with van der Waals surface area (Å²) in [7, 11) is 0. The van der Waals surface area contributed by atoms with Crippen LogP contribution in [0.2, 0.25) is 0 Å². The van der Waals surface area contributed by atoms with Crippen molar-refractivity contribution in [1.82, 2.24) is 0 Å². The fourth-order valence-corrected chi connectivity index (χ4v) is 2.72. The molecule has 1 saturated heterocycles. The van der Waals surface area contributed by atoms with Crippen LogP contribution >= 0.6 is 0 Å². The molecule has 0 aromatic heterocycles. The molecule has 1 heterocycles. The van der Waals surface area contributed by atoms with Crippen molar-refractivity contribution < 1.29 is 9.47 Å². The molecule has 21 heavy (non-hydrogen) atoms. The standard InChI is InChI=1S/C18H29NO2/c1-4-7-16-12-15(10-11-20-16)19-17-8-5-6-9-18(17)21-13-14(2)3/h5-6,8-9,14-16,19H,4,7,10-13H2,1-3H3. The van der Waals surface area contributed by atoms with E-state index in [2.05, 4.69) is 38.2 Å². The summed E-state index contributed by atoms with van der Waals surface area (Å²) in [5, 5.41) is 3.66. The predicted octanol–water partition coefficient (Wildman–Crippen LogP) is 4.48. The molecular formula is C18H29NO2. The minimum atomic E-state index is 0.407. The second-order valence-corrected chi connectivity index (χ2v) is 6.35. The van der Waals surface area contributed by atoms with E-state index in [1.165, 1.54) is 6.42 Å². The molecule has 1 aromatic carbocycles. The molecule has 2 rings (SSSR count). The van der Waals surface area contributed by atoms with Gasteiger partial charge < -0.3 is 14.8 Å². The number of rotatable bonds is 7. The fourth-order valence-electron chi connectivity index (χ4n) is 2.72. The Balaban J connectivity index is 1.95. The average Bonchev–Trinajstić information content (AvgIpc) is 2.47. The summed E-state index contributed by atoms with van der Waals surface area (Å²) in [5.74, 6) is 1.50. The highest BCUT2D eigenvalue weighted by molar-refractivity contribution is 5.56. The van der Waals surface area contributed by atoms with E-state index in [4.69, 9.17) is 9.47 Å². The van der Waals surface area contributed by atoms with E-state index in [0.717, 1.165) is 43.9 Å². The Labute approximate surface area is 129 Å². The van der Waals surface area contributed by atoms with Crippen molar-refractivity contribution in [2.45, 2.75) is 58.6 Å². The molecule has 3 nitrogen and oxygen atoms in total. The van der Waals surface area contributed by atoms with E-state index in [1.807, 2.05) is 12.1 Å². The lowest BCUT2D eigenvalue weighted by atomic mass is 10.00. The van der Waals surface area contributed by atoms with Gasteiger partial charge in [-0.25, -0.2) is 0 Å². The second kappa shape index (κ2) is 8.28. The van der Waals surface area contributed by atoms with Crippen LogP contribution in [0.15, 0.2) is 24.3 Å². The first-order valence-corrected chi connectivity index (χ1v) is 8.29. The topological polar surface area (TPSA) is 30.5 Å². The highest BCUT2D eigenvalue weighted by Gasteiger charge is 2.22. The van der Waals surface area contributed by atoms with Crippen LogP contribution in [0.5, 0.6) is 5.75 Å². The molecule has 0 amide bonds. The van der Waals surface area contributed by atoms with Crippen LogP contribution < -0.4 is 10.1 Å². The van der Waals surface area contributed by atoms with E-state index in [9.17, 15) is 0 Å². The molecule has 0 saturated carbocycles. The summed E-state index contributed by atoms with van der Waals surface area (Å²) in [6, 6.07) is 8.74. The van der Waals surface area contributed by atoms with E-state index >= 15 is 0 Å². The molecule has 0 spiro atoms. The van der Waals surface area contributed by atoms with Crippen LogP contribution in [0.3, 0.4) is 0 Å². The molecule has 0 aliphatic carbocycles. The van der Waals surface area contributed by atoms with Gasteiger partial charge in [-0.2, -0.15) is 0 Å². The minimum Gasteiger partial charge on any atom is -0.491 e. The highest BCUT2D eigenvalue weighted by atomic mass is 16.5. The molecule has 1 fully saturated rings. The summed E-state index contributed by atoms with van der Waals surface area (Å²) in [6.45, 7) is 8.17. The molecular weight excluding hydrogens is 262 g/mol. The number of hydrogen-bond donors (Lipinski definition) is 1. The molecule has 1 N–H and O–H groups in total. The Morgan fingerprint density at radius 3 is 2.90 bits per heavy atom. The number of hydrogen-bond acceptors (Lipinski definition) is 3. The molecule has 2 atom stereocenters. The average molecular weight is 291 g/mol. The van der Waals surface area contributed by atoms with E-state index in [-0.39, 0.29) is 0 Å². The van der Waals surface area contributed by atoms with Gasteiger partial charge in [0.25, 0.3) is 0 Å². The predicted molar refractivity (Wildman–Crippen MR) is 88.1 cm³/mol. The maximum Gasteiger partial charge on any atom is 0.142 e. The van der Waals surface area contributed by atoms with E-state index in [0.29, 0.717) is 18.1 Å². The number of nitrogens with one attached hydrogen (secondary N) is 1.